The van der Waals surface area contributed by atoms with Gasteiger partial charge >= 0.3 is 0 Å². The Morgan fingerprint density at radius 3 is 2.06 bits per heavy atom. The lowest BCUT2D eigenvalue weighted by atomic mass is 9.95. The van der Waals surface area contributed by atoms with Crippen LogP contribution in [0.1, 0.15) is 10.5 Å². The molecule has 0 aliphatic rings. The number of fused-ring (bicyclic) bond motifs is 3. The number of H-pyrrole nitrogens is 1. The fourth-order valence-corrected chi connectivity index (χ4v) is 3.90. The second kappa shape index (κ2) is 6.98. The minimum Gasteiger partial charge on any atom is -0.364 e. The molecule has 2 aromatic heterocycles. The van der Waals surface area contributed by atoms with Crippen LogP contribution < -0.4 is 5.73 Å². The summed E-state index contributed by atoms with van der Waals surface area (Å²) in [7, 11) is 0. The molecular weight excluding hydrogens is 403 g/mol. The lowest BCUT2D eigenvalue weighted by Gasteiger charge is -2.13. The average molecular weight is 417 g/mol. The summed E-state index contributed by atoms with van der Waals surface area (Å²) in [5, 5.41) is 0.0371. The molecule has 5 rings (SSSR count). The molecule has 0 fully saturated rings. The average Bonchev–Trinajstić information content (AvgIpc) is 3.16. The number of aromatic amines is 1. The second-order valence-electron chi connectivity index (χ2n) is 7.06. The van der Waals surface area contributed by atoms with Crippen molar-refractivity contribution in [2.45, 2.75) is 0 Å². The molecule has 0 saturated heterocycles. The van der Waals surface area contributed by atoms with Crippen molar-refractivity contribution in [3.8, 4) is 22.4 Å². The molecule has 7 heteroatoms. The number of carbonyl (C=O) groups excluding carboxylic acids is 1. The van der Waals surface area contributed by atoms with Gasteiger partial charge in [0.2, 0.25) is 0 Å². The fraction of sp³-hybridized carbons (Fsp3) is 0. The van der Waals surface area contributed by atoms with E-state index in [-0.39, 0.29) is 27.5 Å². The summed E-state index contributed by atoms with van der Waals surface area (Å²) in [4.78, 5) is 19.9. The van der Waals surface area contributed by atoms with Gasteiger partial charge in [-0.25, -0.2) is 18.2 Å². The SMILES string of the molecule is NC(=O)c1nc(-c2ccccc2)c2[nH]c3cc(F)c(F)c(F)c3c2c1-c1ccccc1. The van der Waals surface area contributed by atoms with Crippen molar-refractivity contribution >= 4 is 27.7 Å². The fourth-order valence-electron chi connectivity index (χ4n) is 3.90. The zero-order valence-electron chi connectivity index (χ0n) is 15.9. The molecule has 2 heterocycles. The van der Waals surface area contributed by atoms with E-state index in [1.54, 1.807) is 54.6 Å². The molecule has 0 atom stereocenters. The molecule has 3 aromatic carbocycles. The van der Waals surface area contributed by atoms with E-state index in [0.29, 0.717) is 22.3 Å². The number of hydrogen-bond donors (Lipinski definition) is 2. The Bertz CT molecular complexity index is 1480. The second-order valence-corrected chi connectivity index (χ2v) is 7.06. The number of primary amides is 1. The summed E-state index contributed by atoms with van der Waals surface area (Å²) in [5.41, 5.74) is 7.68. The quantitative estimate of drug-likeness (QED) is 0.377. The predicted octanol–water partition coefficient (Wildman–Crippen LogP) is 5.57. The van der Waals surface area contributed by atoms with Crippen molar-refractivity contribution in [1.82, 2.24) is 9.97 Å². The van der Waals surface area contributed by atoms with Crippen LogP contribution in [0.15, 0.2) is 66.7 Å². The summed E-state index contributed by atoms with van der Waals surface area (Å²) < 4.78 is 43.2. The van der Waals surface area contributed by atoms with Gasteiger partial charge in [-0.2, -0.15) is 0 Å². The van der Waals surface area contributed by atoms with Gasteiger partial charge in [-0.05, 0) is 5.56 Å². The number of amides is 1. The third-order valence-corrected chi connectivity index (χ3v) is 5.21. The topological polar surface area (TPSA) is 71.8 Å². The van der Waals surface area contributed by atoms with Crippen LogP contribution in [-0.4, -0.2) is 15.9 Å². The first kappa shape index (κ1) is 18.9. The number of aromatic nitrogens is 2. The van der Waals surface area contributed by atoms with Gasteiger partial charge in [0.05, 0.1) is 16.7 Å². The third kappa shape index (κ3) is 2.85. The predicted molar refractivity (Wildman–Crippen MR) is 113 cm³/mol. The lowest BCUT2D eigenvalue weighted by molar-refractivity contribution is 0.0996. The van der Waals surface area contributed by atoms with Gasteiger partial charge in [0.25, 0.3) is 5.91 Å². The Balaban J connectivity index is 2.07. The molecule has 0 spiro atoms. The monoisotopic (exact) mass is 417 g/mol. The zero-order chi connectivity index (χ0) is 21.7. The van der Waals surface area contributed by atoms with E-state index in [0.717, 1.165) is 6.07 Å². The zero-order valence-corrected chi connectivity index (χ0v) is 15.9. The molecule has 0 unspecified atom stereocenters. The van der Waals surface area contributed by atoms with E-state index in [9.17, 15) is 13.6 Å². The maximum absolute atomic E-state index is 15.0. The number of nitrogens with one attached hydrogen (secondary N) is 1. The van der Waals surface area contributed by atoms with Crippen LogP contribution in [0.5, 0.6) is 0 Å². The maximum atomic E-state index is 15.0. The highest BCUT2D eigenvalue weighted by Gasteiger charge is 2.26. The van der Waals surface area contributed by atoms with Crippen molar-refractivity contribution < 1.29 is 18.0 Å². The number of benzene rings is 3. The van der Waals surface area contributed by atoms with Crippen LogP contribution in [0.4, 0.5) is 13.2 Å². The smallest absolute Gasteiger partial charge is 0.267 e. The van der Waals surface area contributed by atoms with Gasteiger partial charge < -0.3 is 10.7 Å². The van der Waals surface area contributed by atoms with Crippen molar-refractivity contribution in [2.24, 2.45) is 5.73 Å². The number of halogens is 3. The summed E-state index contributed by atoms with van der Waals surface area (Å²) in [6, 6.07) is 18.5. The van der Waals surface area contributed by atoms with E-state index in [2.05, 4.69) is 9.97 Å². The molecule has 0 aliphatic carbocycles. The minimum absolute atomic E-state index is 0.0455. The van der Waals surface area contributed by atoms with E-state index in [1.807, 2.05) is 6.07 Å². The van der Waals surface area contributed by atoms with Gasteiger partial charge in [-0.3, -0.25) is 4.79 Å². The number of rotatable bonds is 3. The van der Waals surface area contributed by atoms with E-state index in [4.69, 9.17) is 5.73 Å². The van der Waals surface area contributed by atoms with Crippen LogP contribution in [-0.2, 0) is 0 Å². The molecule has 3 N–H and O–H groups in total. The number of hydrogen-bond acceptors (Lipinski definition) is 2. The Morgan fingerprint density at radius 1 is 0.839 bits per heavy atom. The number of carbonyl (C=O) groups is 1. The highest BCUT2D eigenvalue weighted by molar-refractivity contribution is 6.21. The third-order valence-electron chi connectivity index (χ3n) is 5.21. The van der Waals surface area contributed by atoms with Crippen molar-refractivity contribution in [2.75, 3.05) is 0 Å². The van der Waals surface area contributed by atoms with E-state index < -0.39 is 23.4 Å². The molecule has 1 amide bonds. The first-order chi connectivity index (χ1) is 15.0. The van der Waals surface area contributed by atoms with Gasteiger partial charge in [-0.15, -0.1) is 0 Å². The van der Waals surface area contributed by atoms with Crippen molar-refractivity contribution in [3.05, 3.63) is 89.9 Å². The van der Waals surface area contributed by atoms with Crippen LogP contribution in [0.25, 0.3) is 44.2 Å². The molecule has 0 bridgehead atoms. The molecule has 0 radical (unpaired) electrons. The Morgan fingerprint density at radius 2 is 1.45 bits per heavy atom. The Kier molecular flexibility index (Phi) is 4.25. The molecule has 0 saturated carbocycles. The first-order valence-corrected chi connectivity index (χ1v) is 9.41. The van der Waals surface area contributed by atoms with Gasteiger partial charge in [0, 0.05) is 28.0 Å². The first-order valence-electron chi connectivity index (χ1n) is 9.41. The summed E-state index contributed by atoms with van der Waals surface area (Å²) >= 11 is 0. The number of pyridine rings is 1. The van der Waals surface area contributed by atoms with Crippen LogP contribution in [0.3, 0.4) is 0 Å². The normalized spacial score (nSPS) is 11.3. The van der Waals surface area contributed by atoms with Crippen LogP contribution in [0, 0.1) is 17.5 Å². The maximum Gasteiger partial charge on any atom is 0.267 e. The summed E-state index contributed by atoms with van der Waals surface area (Å²) in [6.07, 6.45) is 0. The van der Waals surface area contributed by atoms with Crippen molar-refractivity contribution in [1.29, 1.82) is 0 Å². The van der Waals surface area contributed by atoms with Gasteiger partial charge in [-0.1, -0.05) is 60.7 Å². The molecule has 152 valence electrons. The van der Waals surface area contributed by atoms with E-state index in [1.165, 1.54) is 0 Å². The van der Waals surface area contributed by atoms with Crippen LogP contribution in [0.2, 0.25) is 0 Å². The molecule has 31 heavy (non-hydrogen) atoms. The summed E-state index contributed by atoms with van der Waals surface area (Å²) in [5.74, 6) is -5.08. The molecule has 5 aromatic rings. The highest BCUT2D eigenvalue weighted by atomic mass is 19.2. The lowest BCUT2D eigenvalue weighted by Crippen LogP contribution is -2.15. The van der Waals surface area contributed by atoms with Crippen molar-refractivity contribution in [3.63, 3.8) is 0 Å². The molecule has 4 nitrogen and oxygen atoms in total. The standard InChI is InChI=1S/C24H14F3N3O/c25-14-11-15-17(20(27)19(14)26)18-16(12-7-3-1-4-8-12)23(24(28)31)30-21(22(18)29-15)13-9-5-2-6-10-13/h1-11,29H,(H2,28,31). The Labute approximate surface area is 174 Å². The van der Waals surface area contributed by atoms with E-state index >= 15 is 4.39 Å². The minimum atomic E-state index is -1.59. The highest BCUT2D eigenvalue weighted by Crippen LogP contribution is 2.42. The molecule has 0 aliphatic heterocycles. The van der Waals surface area contributed by atoms with Gasteiger partial charge in [0.1, 0.15) is 5.69 Å². The number of nitrogens with zero attached hydrogens (tertiary/aromatic N) is 1. The molecular formula is C24H14F3N3O. The Hall–Kier alpha value is -4.13. The largest absolute Gasteiger partial charge is 0.364 e. The number of nitrogens with two attached hydrogens (primary N) is 1. The van der Waals surface area contributed by atoms with Crippen LogP contribution >= 0.6 is 0 Å². The van der Waals surface area contributed by atoms with Gasteiger partial charge in [0.15, 0.2) is 17.5 Å². The summed E-state index contributed by atoms with van der Waals surface area (Å²) in [6.45, 7) is 0.